The van der Waals surface area contributed by atoms with Crippen molar-refractivity contribution in [2.75, 3.05) is 26.3 Å². The van der Waals surface area contributed by atoms with E-state index < -0.39 is 5.97 Å². The number of carbonyl (C=O) groups is 1. The lowest BCUT2D eigenvalue weighted by Crippen LogP contribution is -2.37. The van der Waals surface area contributed by atoms with Crippen LogP contribution < -0.4 is 0 Å². The topological polar surface area (TPSA) is 62.7 Å². The van der Waals surface area contributed by atoms with Gasteiger partial charge in [-0.15, -0.1) is 0 Å². The first kappa shape index (κ1) is 16.6. The molecule has 1 aliphatic heterocycles. The highest BCUT2D eigenvalue weighted by Gasteiger charge is 2.18. The number of ether oxygens (including phenoxy) is 1. The van der Waals surface area contributed by atoms with E-state index in [1.807, 2.05) is 19.1 Å². The molecule has 3 rings (SSSR count). The van der Waals surface area contributed by atoms with Gasteiger partial charge in [-0.25, -0.2) is 4.79 Å². The summed E-state index contributed by atoms with van der Waals surface area (Å²) in [7, 11) is 0. The monoisotopic (exact) mass is 326 g/mol. The van der Waals surface area contributed by atoms with Crippen molar-refractivity contribution in [3.8, 4) is 11.3 Å². The van der Waals surface area contributed by atoms with Gasteiger partial charge < -0.3 is 9.84 Å². The Morgan fingerprint density at radius 1 is 1.21 bits per heavy atom. The van der Waals surface area contributed by atoms with Crippen molar-refractivity contribution < 1.29 is 14.6 Å². The number of aromatic nitrogens is 1. The highest BCUT2D eigenvalue weighted by molar-refractivity contribution is 5.89. The van der Waals surface area contributed by atoms with Gasteiger partial charge >= 0.3 is 5.97 Å². The van der Waals surface area contributed by atoms with E-state index in [9.17, 15) is 9.90 Å². The lowest BCUT2D eigenvalue weighted by molar-refractivity contribution is 0.0198. The summed E-state index contributed by atoms with van der Waals surface area (Å²) in [4.78, 5) is 18.1. The molecule has 1 aromatic heterocycles. The molecule has 0 aliphatic carbocycles. The fourth-order valence-corrected chi connectivity index (χ4v) is 3.05. The zero-order chi connectivity index (χ0) is 17.1. The van der Waals surface area contributed by atoms with E-state index in [0.717, 1.165) is 31.9 Å². The number of aromatic carboxylic acids is 1. The van der Waals surface area contributed by atoms with Crippen molar-refractivity contribution in [2.45, 2.75) is 19.9 Å². The molecule has 1 aromatic carbocycles. The van der Waals surface area contributed by atoms with Gasteiger partial charge in [-0.3, -0.25) is 9.88 Å². The van der Waals surface area contributed by atoms with Crippen LogP contribution >= 0.6 is 0 Å². The Hall–Kier alpha value is -2.24. The molecule has 5 nitrogen and oxygen atoms in total. The largest absolute Gasteiger partial charge is 0.478 e. The van der Waals surface area contributed by atoms with Crippen LogP contribution in [0.5, 0.6) is 0 Å². The third kappa shape index (κ3) is 3.63. The fourth-order valence-electron chi connectivity index (χ4n) is 3.05. The molecule has 0 bridgehead atoms. The van der Waals surface area contributed by atoms with Crippen LogP contribution in [-0.2, 0) is 4.74 Å². The molecule has 1 saturated heterocycles. The molecule has 24 heavy (non-hydrogen) atoms. The van der Waals surface area contributed by atoms with Gasteiger partial charge in [-0.05, 0) is 31.5 Å². The molecular weight excluding hydrogens is 304 g/mol. The minimum atomic E-state index is -0.931. The number of rotatable bonds is 4. The lowest BCUT2D eigenvalue weighted by Gasteiger charge is -2.32. The van der Waals surface area contributed by atoms with Crippen LogP contribution in [0.25, 0.3) is 11.3 Å². The molecule has 126 valence electrons. The van der Waals surface area contributed by atoms with E-state index in [1.54, 1.807) is 12.1 Å². The minimum Gasteiger partial charge on any atom is -0.478 e. The molecule has 0 amide bonds. The summed E-state index contributed by atoms with van der Waals surface area (Å²) in [5, 5.41) is 9.20. The van der Waals surface area contributed by atoms with Gasteiger partial charge in [0.05, 0.1) is 24.5 Å². The third-order valence-electron chi connectivity index (χ3n) is 4.48. The van der Waals surface area contributed by atoms with Crippen molar-refractivity contribution in [1.29, 1.82) is 0 Å². The molecule has 0 saturated carbocycles. The third-order valence-corrected chi connectivity index (χ3v) is 4.48. The van der Waals surface area contributed by atoms with Crippen molar-refractivity contribution in [1.82, 2.24) is 9.88 Å². The molecule has 2 aromatic rings. The van der Waals surface area contributed by atoms with Crippen molar-refractivity contribution in [2.24, 2.45) is 0 Å². The number of hydrogen-bond acceptors (Lipinski definition) is 4. The summed E-state index contributed by atoms with van der Waals surface area (Å²) < 4.78 is 5.41. The Morgan fingerprint density at radius 3 is 2.50 bits per heavy atom. The Balaban J connectivity index is 1.83. The number of morpholine rings is 1. The van der Waals surface area contributed by atoms with Gasteiger partial charge in [0.25, 0.3) is 0 Å². The molecule has 1 aliphatic rings. The highest BCUT2D eigenvalue weighted by Crippen LogP contribution is 2.25. The van der Waals surface area contributed by atoms with E-state index in [0.29, 0.717) is 17.4 Å². The van der Waals surface area contributed by atoms with Crippen LogP contribution in [0.1, 0.15) is 34.6 Å². The number of carboxylic acids is 1. The predicted molar refractivity (Wildman–Crippen MR) is 92.2 cm³/mol. The van der Waals surface area contributed by atoms with Crippen LogP contribution in [0.15, 0.2) is 36.4 Å². The molecule has 0 spiro atoms. The Labute approximate surface area is 141 Å². The number of aryl methyl sites for hydroxylation is 1. The highest BCUT2D eigenvalue weighted by atomic mass is 16.5. The molecule has 5 heteroatoms. The second-order valence-electron chi connectivity index (χ2n) is 6.13. The second kappa shape index (κ2) is 7.11. The first-order valence-corrected chi connectivity index (χ1v) is 8.19. The molecule has 1 atom stereocenters. The minimum absolute atomic E-state index is 0.267. The maximum atomic E-state index is 11.2. The van der Waals surface area contributed by atoms with Crippen LogP contribution in [0.3, 0.4) is 0 Å². The average Bonchev–Trinajstić information content (AvgIpc) is 2.61. The summed E-state index contributed by atoms with van der Waals surface area (Å²) in [5.74, 6) is -0.931. The first-order chi connectivity index (χ1) is 11.5. The van der Waals surface area contributed by atoms with E-state index in [1.165, 1.54) is 5.56 Å². The van der Waals surface area contributed by atoms with Gasteiger partial charge in [-0.2, -0.15) is 0 Å². The SMILES string of the molecule is Cc1cc(C(=O)O)cc(-c2ccc(C(C)N3CCOCC3)cc2)n1. The molecule has 1 unspecified atom stereocenters. The molecule has 1 fully saturated rings. The van der Waals surface area contributed by atoms with Crippen molar-refractivity contribution >= 4 is 5.97 Å². The van der Waals surface area contributed by atoms with Gasteiger partial charge in [0.2, 0.25) is 0 Å². The van der Waals surface area contributed by atoms with Gasteiger partial charge in [-0.1, -0.05) is 24.3 Å². The predicted octanol–water partition coefficient (Wildman–Crippen LogP) is 3.15. The van der Waals surface area contributed by atoms with Crippen molar-refractivity contribution in [3.05, 3.63) is 53.2 Å². The quantitative estimate of drug-likeness (QED) is 0.935. The van der Waals surface area contributed by atoms with E-state index in [4.69, 9.17) is 4.74 Å². The zero-order valence-electron chi connectivity index (χ0n) is 14.0. The summed E-state index contributed by atoms with van der Waals surface area (Å²) in [6.45, 7) is 7.48. The van der Waals surface area contributed by atoms with Gasteiger partial charge in [0, 0.05) is 30.4 Å². The van der Waals surface area contributed by atoms with E-state index >= 15 is 0 Å². The summed E-state index contributed by atoms with van der Waals surface area (Å²) in [5.41, 5.74) is 3.84. The number of nitrogens with zero attached hydrogens (tertiary/aromatic N) is 2. The molecule has 1 N–H and O–H groups in total. The van der Waals surface area contributed by atoms with Crippen LogP contribution in [0, 0.1) is 6.92 Å². The lowest BCUT2D eigenvalue weighted by atomic mass is 10.0. The normalized spacial score (nSPS) is 16.8. The number of benzene rings is 1. The van der Waals surface area contributed by atoms with Gasteiger partial charge in [0.15, 0.2) is 0 Å². The first-order valence-electron chi connectivity index (χ1n) is 8.19. The maximum absolute atomic E-state index is 11.2. The summed E-state index contributed by atoms with van der Waals surface area (Å²) in [6.07, 6.45) is 0. The molecule has 2 heterocycles. The van der Waals surface area contributed by atoms with Crippen LogP contribution in [-0.4, -0.2) is 47.3 Å². The number of hydrogen-bond donors (Lipinski definition) is 1. The standard InChI is InChI=1S/C19H22N2O3/c1-13-11-17(19(22)23)12-18(20-13)16-5-3-15(4-6-16)14(2)21-7-9-24-10-8-21/h3-6,11-12,14H,7-10H2,1-2H3,(H,22,23). The smallest absolute Gasteiger partial charge is 0.335 e. The average molecular weight is 326 g/mol. The number of carboxylic acid groups (broad SMARTS) is 1. The zero-order valence-corrected chi connectivity index (χ0v) is 14.0. The van der Waals surface area contributed by atoms with Crippen LogP contribution in [0.2, 0.25) is 0 Å². The molecule has 0 radical (unpaired) electrons. The maximum Gasteiger partial charge on any atom is 0.335 e. The van der Waals surface area contributed by atoms with Crippen LogP contribution in [0.4, 0.5) is 0 Å². The Bertz CT molecular complexity index is 722. The fraction of sp³-hybridized carbons (Fsp3) is 0.368. The van der Waals surface area contributed by atoms with Crippen molar-refractivity contribution in [3.63, 3.8) is 0 Å². The Morgan fingerprint density at radius 2 is 1.88 bits per heavy atom. The van der Waals surface area contributed by atoms with E-state index in [-0.39, 0.29) is 5.56 Å². The second-order valence-corrected chi connectivity index (χ2v) is 6.13. The summed E-state index contributed by atoms with van der Waals surface area (Å²) >= 11 is 0. The summed E-state index contributed by atoms with van der Waals surface area (Å²) in [6, 6.07) is 11.8. The van der Waals surface area contributed by atoms with Gasteiger partial charge in [0.1, 0.15) is 0 Å². The Kier molecular flexibility index (Phi) is 4.92. The molecular formula is C19H22N2O3. The number of pyridine rings is 1. The van der Waals surface area contributed by atoms with E-state index in [2.05, 4.69) is 28.9 Å².